The number of carboxylic acid groups (broad SMARTS) is 1. The average Bonchev–Trinajstić information content (AvgIpc) is 2.18. The van der Waals surface area contributed by atoms with Crippen molar-refractivity contribution in [3.63, 3.8) is 0 Å². The maximum Gasteiger partial charge on any atom is 0.314 e. The van der Waals surface area contributed by atoms with Gasteiger partial charge in [0.1, 0.15) is 11.9 Å². The molecule has 0 amide bonds. The van der Waals surface area contributed by atoms with Crippen LogP contribution in [-0.2, 0) is 10.2 Å². The third kappa shape index (κ3) is 1.77. The summed E-state index contributed by atoms with van der Waals surface area (Å²) in [7, 11) is 0. The third-order valence-corrected chi connectivity index (χ3v) is 3.61. The molecule has 0 bridgehead atoms. The first-order valence-electron chi connectivity index (χ1n) is 5.68. The monoisotopic (exact) mass is 238 g/mol. The van der Waals surface area contributed by atoms with Crippen LogP contribution < -0.4 is 0 Å². The highest BCUT2D eigenvalue weighted by Crippen LogP contribution is 2.47. The Hall–Kier alpha value is -1.58. The van der Waals surface area contributed by atoms with E-state index in [-0.39, 0.29) is 5.75 Å². The van der Waals surface area contributed by atoms with E-state index in [1.54, 1.807) is 0 Å². The molecule has 0 spiro atoms. The zero-order valence-electron chi connectivity index (χ0n) is 9.61. The van der Waals surface area contributed by atoms with Crippen LogP contribution in [-0.4, -0.2) is 16.2 Å². The van der Waals surface area contributed by atoms with Gasteiger partial charge in [-0.15, -0.1) is 0 Å². The highest BCUT2D eigenvalue weighted by atomic mass is 19.1. The molecule has 1 aromatic carbocycles. The number of aliphatic carboxylic acids is 1. The van der Waals surface area contributed by atoms with Gasteiger partial charge in [0.15, 0.2) is 0 Å². The number of hydrogen-bond acceptors (Lipinski definition) is 2. The Morgan fingerprint density at radius 3 is 2.53 bits per heavy atom. The molecule has 1 aromatic rings. The van der Waals surface area contributed by atoms with Crippen LogP contribution in [0.25, 0.3) is 0 Å². The number of carboxylic acids is 1. The van der Waals surface area contributed by atoms with E-state index in [0.29, 0.717) is 24.0 Å². The summed E-state index contributed by atoms with van der Waals surface area (Å²) in [6.45, 7) is 1.39. The van der Waals surface area contributed by atoms with E-state index >= 15 is 0 Å². The van der Waals surface area contributed by atoms with Gasteiger partial charge in [0, 0.05) is 5.56 Å². The van der Waals surface area contributed by atoms with Crippen molar-refractivity contribution in [3.05, 3.63) is 29.3 Å². The van der Waals surface area contributed by atoms with Crippen LogP contribution in [0.5, 0.6) is 5.75 Å². The van der Waals surface area contributed by atoms with Gasteiger partial charge in [0.25, 0.3) is 0 Å². The van der Waals surface area contributed by atoms with E-state index in [1.807, 2.05) is 0 Å². The first kappa shape index (κ1) is 11.9. The fraction of sp³-hybridized carbons (Fsp3) is 0.462. The Kier molecular flexibility index (Phi) is 2.81. The average molecular weight is 238 g/mol. The standard InChI is InChI=1S/C13H15FO3/c1-8(14)9-3-4-11(15)10(7-9)13(12(16)17)5-2-6-13/h3-4,7-8,15H,2,5-6H2,1H3,(H,16,17). The summed E-state index contributed by atoms with van der Waals surface area (Å²) >= 11 is 0. The molecule has 0 aromatic heterocycles. The zero-order chi connectivity index (χ0) is 12.6. The van der Waals surface area contributed by atoms with Crippen LogP contribution in [0.2, 0.25) is 0 Å². The van der Waals surface area contributed by atoms with Crippen LogP contribution >= 0.6 is 0 Å². The van der Waals surface area contributed by atoms with Gasteiger partial charge in [-0.2, -0.15) is 0 Å². The van der Waals surface area contributed by atoms with Crippen LogP contribution in [0.4, 0.5) is 4.39 Å². The number of phenols is 1. The first-order chi connectivity index (χ1) is 7.97. The molecule has 1 aliphatic rings. The number of carbonyl (C=O) groups is 1. The minimum absolute atomic E-state index is 0.0588. The zero-order valence-corrected chi connectivity index (χ0v) is 9.61. The predicted molar refractivity (Wildman–Crippen MR) is 60.8 cm³/mol. The van der Waals surface area contributed by atoms with Crippen molar-refractivity contribution in [2.45, 2.75) is 37.8 Å². The smallest absolute Gasteiger partial charge is 0.314 e. The second kappa shape index (κ2) is 4.02. The summed E-state index contributed by atoms with van der Waals surface area (Å²) in [5, 5.41) is 19.1. The van der Waals surface area contributed by atoms with E-state index < -0.39 is 17.6 Å². The Bertz CT molecular complexity index is 450. The quantitative estimate of drug-likeness (QED) is 0.851. The molecule has 0 heterocycles. The number of hydrogen-bond donors (Lipinski definition) is 2. The number of aromatic hydroxyl groups is 1. The van der Waals surface area contributed by atoms with Gasteiger partial charge in [-0.3, -0.25) is 4.79 Å². The van der Waals surface area contributed by atoms with Crippen LogP contribution in [0.3, 0.4) is 0 Å². The summed E-state index contributed by atoms with van der Waals surface area (Å²) in [5.74, 6) is -1.00. The van der Waals surface area contributed by atoms with Crippen molar-refractivity contribution in [2.24, 2.45) is 0 Å². The van der Waals surface area contributed by atoms with Crippen molar-refractivity contribution in [3.8, 4) is 5.75 Å². The SMILES string of the molecule is CC(F)c1ccc(O)c(C2(C(=O)O)CCC2)c1. The van der Waals surface area contributed by atoms with Gasteiger partial charge in [-0.05, 0) is 37.5 Å². The Morgan fingerprint density at radius 2 is 2.12 bits per heavy atom. The summed E-state index contributed by atoms with van der Waals surface area (Å²) in [4.78, 5) is 11.3. The van der Waals surface area contributed by atoms with Crippen LogP contribution in [0.15, 0.2) is 18.2 Å². The lowest BCUT2D eigenvalue weighted by Crippen LogP contribution is -2.42. The normalized spacial score (nSPS) is 19.4. The number of alkyl halides is 1. The fourth-order valence-electron chi connectivity index (χ4n) is 2.31. The lowest BCUT2D eigenvalue weighted by molar-refractivity contribution is -0.147. The molecule has 17 heavy (non-hydrogen) atoms. The Morgan fingerprint density at radius 1 is 1.47 bits per heavy atom. The Labute approximate surface area is 98.9 Å². The molecule has 2 rings (SSSR count). The molecule has 3 nitrogen and oxygen atoms in total. The van der Waals surface area contributed by atoms with Crippen molar-refractivity contribution >= 4 is 5.97 Å². The van der Waals surface area contributed by atoms with Gasteiger partial charge in [-0.25, -0.2) is 4.39 Å². The second-order valence-electron chi connectivity index (χ2n) is 4.63. The van der Waals surface area contributed by atoms with E-state index in [4.69, 9.17) is 0 Å². The van der Waals surface area contributed by atoms with E-state index in [0.717, 1.165) is 6.42 Å². The summed E-state index contributed by atoms with van der Waals surface area (Å²) in [6, 6.07) is 4.34. The van der Waals surface area contributed by atoms with Gasteiger partial charge < -0.3 is 10.2 Å². The van der Waals surface area contributed by atoms with Crippen molar-refractivity contribution in [1.82, 2.24) is 0 Å². The van der Waals surface area contributed by atoms with Crippen LogP contribution in [0, 0.1) is 0 Å². The Balaban J connectivity index is 2.50. The molecule has 1 unspecified atom stereocenters. The number of rotatable bonds is 3. The molecule has 0 saturated heterocycles. The number of phenolic OH excluding ortho intramolecular Hbond substituents is 1. The molecule has 1 aliphatic carbocycles. The topological polar surface area (TPSA) is 57.5 Å². The van der Waals surface area contributed by atoms with Crippen molar-refractivity contribution in [2.75, 3.05) is 0 Å². The fourth-order valence-corrected chi connectivity index (χ4v) is 2.31. The van der Waals surface area contributed by atoms with Gasteiger partial charge in [0.2, 0.25) is 0 Å². The van der Waals surface area contributed by atoms with Gasteiger partial charge in [-0.1, -0.05) is 12.5 Å². The molecule has 4 heteroatoms. The maximum absolute atomic E-state index is 13.2. The summed E-state index contributed by atoms with van der Waals surface area (Å²) in [6.07, 6.45) is 0.654. The minimum Gasteiger partial charge on any atom is -0.508 e. The first-order valence-corrected chi connectivity index (χ1v) is 5.68. The molecule has 2 N–H and O–H groups in total. The largest absolute Gasteiger partial charge is 0.508 e. The van der Waals surface area contributed by atoms with Crippen molar-refractivity contribution in [1.29, 1.82) is 0 Å². The molecular formula is C13H15FO3. The second-order valence-corrected chi connectivity index (χ2v) is 4.63. The molecule has 1 saturated carbocycles. The van der Waals surface area contributed by atoms with Crippen LogP contribution in [0.1, 0.15) is 43.5 Å². The molecule has 1 fully saturated rings. The third-order valence-electron chi connectivity index (χ3n) is 3.61. The molecular weight excluding hydrogens is 223 g/mol. The molecule has 92 valence electrons. The van der Waals surface area contributed by atoms with Crippen molar-refractivity contribution < 1.29 is 19.4 Å². The maximum atomic E-state index is 13.2. The van der Waals surface area contributed by atoms with Gasteiger partial charge in [0.05, 0.1) is 5.41 Å². The summed E-state index contributed by atoms with van der Waals surface area (Å²) in [5.41, 5.74) is -0.266. The van der Waals surface area contributed by atoms with E-state index in [1.165, 1.54) is 25.1 Å². The molecule has 0 aliphatic heterocycles. The number of benzene rings is 1. The minimum atomic E-state index is -1.17. The van der Waals surface area contributed by atoms with E-state index in [9.17, 15) is 19.4 Å². The molecule has 0 radical (unpaired) electrons. The number of halogens is 1. The van der Waals surface area contributed by atoms with E-state index in [2.05, 4.69) is 0 Å². The highest BCUT2D eigenvalue weighted by Gasteiger charge is 2.47. The lowest BCUT2D eigenvalue weighted by Gasteiger charge is -2.38. The molecule has 1 atom stereocenters. The van der Waals surface area contributed by atoms with Gasteiger partial charge >= 0.3 is 5.97 Å². The predicted octanol–water partition coefficient (Wildman–Crippen LogP) is 2.93. The highest BCUT2D eigenvalue weighted by molar-refractivity contribution is 5.83. The summed E-state index contributed by atoms with van der Waals surface area (Å²) < 4.78 is 13.2. The lowest BCUT2D eigenvalue weighted by atomic mass is 9.64.